The van der Waals surface area contributed by atoms with Gasteiger partial charge in [0.05, 0.1) is 76.0 Å². The molecule has 5 aromatic rings. The average Bonchev–Trinajstić information content (AvgIpc) is 1.66. The number of nitrogens with zero attached hydrogens (tertiary/aromatic N) is 3. The number of methoxy groups -OCH3 is 2. The summed E-state index contributed by atoms with van der Waals surface area (Å²) in [4.78, 5) is 144. The number of aliphatic hydroxyl groups is 1. The molecule has 9 N–H and O–H groups in total. The van der Waals surface area contributed by atoms with E-state index in [1.54, 1.807) is 130 Å². The molecule has 0 bridgehead atoms. The molecule has 28 nitrogen and oxygen atoms in total. The fraction of sp³-hybridized carbons (Fsp3) is 0.518. The first-order chi connectivity index (χ1) is 53.2. The van der Waals surface area contributed by atoms with Crippen molar-refractivity contribution in [1.82, 2.24) is 41.3 Å². The van der Waals surface area contributed by atoms with Crippen LogP contribution in [0.2, 0.25) is 0 Å². The number of carbonyl (C=O) groups is 10. The van der Waals surface area contributed by atoms with Gasteiger partial charge in [0.25, 0.3) is 5.91 Å². The number of anilines is 1. The second-order valence-electron chi connectivity index (χ2n) is 30.5. The maximum absolute atomic E-state index is 14.9. The zero-order valence-electron chi connectivity index (χ0n) is 67.8. The first-order valence-electron chi connectivity index (χ1n) is 38.4. The van der Waals surface area contributed by atoms with Crippen molar-refractivity contribution in [1.29, 1.82) is 0 Å². The van der Waals surface area contributed by atoms with Gasteiger partial charge in [-0.25, -0.2) is 26.4 Å². The predicted molar refractivity (Wildman–Crippen MR) is 429 cm³/mol. The van der Waals surface area contributed by atoms with Gasteiger partial charge >= 0.3 is 12.1 Å². The topological polar surface area (TPSA) is 395 Å². The Labute approximate surface area is 665 Å². The maximum atomic E-state index is 14.9. The number of urea groups is 1. The van der Waals surface area contributed by atoms with Crippen LogP contribution in [0.1, 0.15) is 157 Å². The van der Waals surface area contributed by atoms with Crippen LogP contribution in [0.15, 0.2) is 137 Å². The van der Waals surface area contributed by atoms with E-state index in [1.807, 2.05) is 32.0 Å². The standard InChI is InChI=1S/C83H116N10O18S2/c1-17-54(10)72(67(109-15)45-68(94)93-44-22-26-66(93)75(110-16)55(11)76(97)86-56(12)73(95)58-23-19-18-20-24-58)91(13)81(102)70(50(4)5)90-80(101)71(51(6)7)92(14)83(104)111-46-57-31-37-62(38-32-57)87-78(99)65(25-21-43-85-82(84)103)88-79(100)69(49(2)3)89-77(98)60-35-33-59(34-36-60)74(96)61(47-112(105,106)63-39-27-52(8)28-40-63)48-113(107,108)64-41-29-53(9)30-42-64/h18-20,23-24,27-42,49-51,54-56,61,65-67,69-73,75,95H,17,21-22,25-26,43-48H2,1-16H3,(H,86,97)(H,87,99)(H,88,100)(H,89,98)(H,90,101)(H3,84,85,103)/t54-,55+,56+,65-,66-,67+,69-,70-,71-,72-,73+,75+/m0/s1. The highest BCUT2D eigenvalue weighted by molar-refractivity contribution is 7.92. The number of carbonyl (C=O) groups excluding carboxylic acids is 10. The zero-order chi connectivity index (χ0) is 83.9. The van der Waals surface area contributed by atoms with E-state index < -0.39 is 169 Å². The Morgan fingerprint density at radius 2 is 1.19 bits per heavy atom. The molecule has 0 saturated carbocycles. The van der Waals surface area contributed by atoms with Gasteiger partial charge in [-0.05, 0) is 130 Å². The molecule has 0 spiro atoms. The van der Waals surface area contributed by atoms with Crippen molar-refractivity contribution in [3.8, 4) is 0 Å². The summed E-state index contributed by atoms with van der Waals surface area (Å²) in [5.74, 6) is -10.3. The van der Waals surface area contributed by atoms with Crippen molar-refractivity contribution in [3.05, 3.63) is 161 Å². The third kappa shape index (κ3) is 25.7. The molecular formula is C83H116N10O18S2. The van der Waals surface area contributed by atoms with Crippen molar-refractivity contribution in [3.63, 3.8) is 0 Å². The number of nitrogens with two attached hydrogens (primary N) is 1. The first kappa shape index (κ1) is 92.3. The highest BCUT2D eigenvalue weighted by Gasteiger charge is 2.45. The van der Waals surface area contributed by atoms with E-state index >= 15 is 0 Å². The van der Waals surface area contributed by atoms with Gasteiger partial charge in [-0.3, -0.25) is 43.3 Å². The van der Waals surface area contributed by atoms with Crippen LogP contribution in [0.4, 0.5) is 15.3 Å². The summed E-state index contributed by atoms with van der Waals surface area (Å²) in [6, 6.07) is 25.0. The molecule has 5 aromatic carbocycles. The number of rotatable bonds is 41. The lowest BCUT2D eigenvalue weighted by Crippen LogP contribution is -2.60. The number of Topliss-reactive ketones (excluding diaryl/α,β-unsaturated/α-hetero) is 1. The lowest BCUT2D eigenvalue weighted by Gasteiger charge is -2.41. The van der Waals surface area contributed by atoms with E-state index in [4.69, 9.17) is 19.9 Å². The largest absolute Gasteiger partial charge is 0.445 e. The molecule has 618 valence electrons. The van der Waals surface area contributed by atoms with Crippen LogP contribution in [-0.2, 0) is 69.3 Å². The van der Waals surface area contributed by atoms with Crippen molar-refractivity contribution < 1.29 is 84.1 Å². The lowest BCUT2D eigenvalue weighted by molar-refractivity contribution is -0.148. The number of likely N-dealkylation sites (tertiary alicyclic amines) is 1. The Balaban J connectivity index is 1.07. The number of likely N-dealkylation sites (N-methyl/N-ethyl adjacent to an activating group) is 2. The van der Waals surface area contributed by atoms with Gasteiger partial charge < -0.3 is 66.8 Å². The van der Waals surface area contributed by atoms with Crippen LogP contribution < -0.4 is 37.6 Å². The second kappa shape index (κ2) is 42.5. The van der Waals surface area contributed by atoms with Crippen molar-refractivity contribution in [2.75, 3.05) is 58.2 Å². The van der Waals surface area contributed by atoms with Gasteiger partial charge in [0.1, 0.15) is 30.8 Å². The van der Waals surface area contributed by atoms with Crippen molar-refractivity contribution >= 4 is 84.6 Å². The smallest absolute Gasteiger partial charge is 0.410 e. The number of primary amides is 1. The molecule has 10 amide bonds. The van der Waals surface area contributed by atoms with Crippen LogP contribution in [0.3, 0.4) is 0 Å². The summed E-state index contributed by atoms with van der Waals surface area (Å²) in [6.07, 6.45) is -1.42. The SMILES string of the molecule is CC[C@H](C)[C@@H]([C@@H](CC(=O)N1CCC[C@H]1[C@H](OC)[C@@H](C)C(=O)N[C@H](C)[C@@H](O)c1ccccc1)OC)N(C)C(=O)[C@@H](NC(=O)[C@H](C(C)C)N(C)C(=O)OCc1ccc(NC(=O)[C@H](CCCNC(N)=O)NC(=O)[C@@H](NC(=O)c2ccc(C(=O)C(CS(=O)(=O)c3ccc(C)cc3)CS(=O)(=O)c3ccc(C)cc3)cc2)C(C)C)cc1)C(C)C. The van der Waals surface area contributed by atoms with Gasteiger partial charge in [0.15, 0.2) is 25.5 Å². The Bertz CT molecular complexity index is 4210. The summed E-state index contributed by atoms with van der Waals surface area (Å²) >= 11 is 0. The molecule has 12 atom stereocenters. The molecule has 113 heavy (non-hydrogen) atoms. The monoisotopic (exact) mass is 1600 g/mol. The molecular weight excluding hydrogens is 1490 g/mol. The molecule has 1 aliphatic rings. The average molecular weight is 1610 g/mol. The normalized spacial score (nSPS) is 16.1. The molecule has 6 rings (SSSR count). The number of hydrogen-bond acceptors (Lipinski definition) is 18. The van der Waals surface area contributed by atoms with Crippen molar-refractivity contribution in [2.24, 2.45) is 41.2 Å². The van der Waals surface area contributed by atoms with E-state index in [2.05, 4.69) is 31.9 Å². The van der Waals surface area contributed by atoms with E-state index in [9.17, 15) is 69.9 Å². The quantitative estimate of drug-likeness (QED) is 0.0135. The summed E-state index contributed by atoms with van der Waals surface area (Å²) in [5, 5.41) is 27.5. The summed E-state index contributed by atoms with van der Waals surface area (Å²) < 4.78 is 72.8. The Kier molecular flexibility index (Phi) is 34.7. The minimum absolute atomic E-state index is 0.0148. The Morgan fingerprint density at radius 1 is 0.628 bits per heavy atom. The summed E-state index contributed by atoms with van der Waals surface area (Å²) in [7, 11) is -2.37. The molecule has 0 aliphatic carbocycles. The minimum atomic E-state index is -4.20. The Hall–Kier alpha value is -9.62. The number of ketones is 1. The number of aliphatic hydroxyl groups excluding tert-OH is 1. The van der Waals surface area contributed by atoms with E-state index in [0.29, 0.717) is 36.9 Å². The highest BCUT2D eigenvalue weighted by Crippen LogP contribution is 2.32. The first-order valence-corrected chi connectivity index (χ1v) is 41.7. The zero-order valence-corrected chi connectivity index (χ0v) is 69.4. The molecule has 1 aliphatic heterocycles. The number of benzene rings is 5. The van der Waals surface area contributed by atoms with Crippen molar-refractivity contribution in [2.45, 2.75) is 199 Å². The van der Waals surface area contributed by atoms with E-state index in [0.717, 1.165) is 16.0 Å². The highest BCUT2D eigenvalue weighted by atomic mass is 32.2. The number of aryl methyl sites for hydroxylation is 2. The van der Waals surface area contributed by atoms with Gasteiger partial charge in [0.2, 0.25) is 35.4 Å². The molecule has 0 radical (unpaired) electrons. The Morgan fingerprint density at radius 3 is 1.70 bits per heavy atom. The second-order valence-corrected chi connectivity index (χ2v) is 34.6. The number of hydrogen-bond donors (Lipinski definition) is 8. The minimum Gasteiger partial charge on any atom is -0.445 e. The van der Waals surface area contributed by atoms with Crippen LogP contribution >= 0.6 is 0 Å². The van der Waals surface area contributed by atoms with Crippen LogP contribution in [0, 0.1) is 49.4 Å². The van der Waals surface area contributed by atoms with Crippen LogP contribution in [-0.4, -0.2) is 203 Å². The van der Waals surface area contributed by atoms with Gasteiger partial charge in [-0.1, -0.05) is 159 Å². The lowest BCUT2D eigenvalue weighted by atomic mass is 9.89. The maximum Gasteiger partial charge on any atom is 0.410 e. The van der Waals surface area contributed by atoms with E-state index in [1.165, 1.54) is 86.8 Å². The summed E-state index contributed by atoms with van der Waals surface area (Å²) in [6.45, 7) is 21.5. The number of nitrogens with one attached hydrogen (secondary N) is 6. The van der Waals surface area contributed by atoms with Gasteiger partial charge in [0, 0.05) is 58.2 Å². The molecule has 30 heteroatoms. The third-order valence-electron chi connectivity index (χ3n) is 20.9. The predicted octanol–water partition coefficient (Wildman–Crippen LogP) is 8.27. The van der Waals surface area contributed by atoms with Crippen LogP contribution in [0.25, 0.3) is 0 Å². The fourth-order valence-electron chi connectivity index (χ4n) is 14.1. The van der Waals surface area contributed by atoms with E-state index in [-0.39, 0.29) is 76.8 Å². The molecule has 1 saturated heterocycles. The molecule has 1 fully saturated rings. The molecule has 0 aromatic heterocycles. The number of sulfone groups is 2. The van der Waals surface area contributed by atoms with Crippen LogP contribution in [0.5, 0.6) is 0 Å². The van der Waals surface area contributed by atoms with Gasteiger partial charge in [-0.2, -0.15) is 0 Å². The number of ether oxygens (including phenoxy) is 3. The summed E-state index contributed by atoms with van der Waals surface area (Å²) in [5.41, 5.74) is 8.19. The third-order valence-corrected chi connectivity index (χ3v) is 24.6. The molecule has 0 unspecified atom stereocenters. The molecule has 1 heterocycles. The number of amides is 10. The fourth-order valence-corrected chi connectivity index (χ4v) is 17.3. The van der Waals surface area contributed by atoms with Gasteiger partial charge in [-0.15, -0.1) is 0 Å².